The van der Waals surface area contributed by atoms with Gasteiger partial charge in [0, 0.05) is 57.2 Å². The number of pyridine rings is 1. The number of hydrogen-bond acceptors (Lipinski definition) is 7. The van der Waals surface area contributed by atoms with Crippen LogP contribution in [0, 0.1) is 11.8 Å². The van der Waals surface area contributed by atoms with Gasteiger partial charge in [0.1, 0.15) is 5.75 Å². The molecule has 2 N–H and O–H groups in total. The molecule has 40 heavy (non-hydrogen) atoms. The summed E-state index contributed by atoms with van der Waals surface area (Å²) in [5, 5.41) is 6.40. The third-order valence-corrected chi connectivity index (χ3v) is 8.56. The second kappa shape index (κ2) is 13.9. The monoisotopic (exact) mass is 549 g/mol. The number of fused-ring (bicyclic) bond motifs is 3. The first-order valence-corrected chi connectivity index (χ1v) is 14.8. The molecule has 9 nitrogen and oxygen atoms in total. The van der Waals surface area contributed by atoms with Crippen LogP contribution < -0.4 is 20.3 Å². The van der Waals surface area contributed by atoms with Gasteiger partial charge in [-0.1, -0.05) is 6.07 Å². The van der Waals surface area contributed by atoms with E-state index in [0.29, 0.717) is 51.8 Å². The minimum absolute atomic E-state index is 0.0479. The van der Waals surface area contributed by atoms with Crippen molar-refractivity contribution >= 4 is 17.5 Å². The van der Waals surface area contributed by atoms with E-state index in [-0.39, 0.29) is 23.7 Å². The van der Waals surface area contributed by atoms with Crippen LogP contribution >= 0.6 is 0 Å². The molecular formula is C31H43N5O4. The van der Waals surface area contributed by atoms with Crippen molar-refractivity contribution in [1.29, 1.82) is 0 Å². The second-order valence-corrected chi connectivity index (χ2v) is 11.3. The quantitative estimate of drug-likeness (QED) is 0.548. The number of rotatable bonds is 7. The van der Waals surface area contributed by atoms with Crippen molar-refractivity contribution in [2.24, 2.45) is 11.8 Å². The first kappa shape index (κ1) is 28.4. The summed E-state index contributed by atoms with van der Waals surface area (Å²) in [7, 11) is 1.76. The molecule has 9 heteroatoms. The molecule has 0 unspecified atom stereocenters. The van der Waals surface area contributed by atoms with Crippen molar-refractivity contribution in [3.8, 4) is 5.75 Å². The molecule has 0 radical (unpaired) electrons. The van der Waals surface area contributed by atoms with E-state index in [4.69, 9.17) is 9.47 Å². The van der Waals surface area contributed by atoms with E-state index in [1.807, 2.05) is 23.1 Å². The molecule has 0 saturated carbocycles. The smallest absolute Gasteiger partial charge is 0.236 e. The van der Waals surface area contributed by atoms with Crippen LogP contribution in [0.4, 0.5) is 5.69 Å². The van der Waals surface area contributed by atoms with Crippen LogP contribution in [0.25, 0.3) is 0 Å². The highest BCUT2D eigenvalue weighted by atomic mass is 16.5. The molecule has 5 rings (SSSR count). The van der Waals surface area contributed by atoms with Gasteiger partial charge < -0.3 is 29.9 Å². The summed E-state index contributed by atoms with van der Waals surface area (Å²) < 4.78 is 11.7. The van der Waals surface area contributed by atoms with E-state index in [1.54, 1.807) is 13.3 Å². The number of amides is 2. The molecule has 2 saturated heterocycles. The van der Waals surface area contributed by atoms with Gasteiger partial charge in [0.05, 0.1) is 38.0 Å². The molecule has 4 heterocycles. The van der Waals surface area contributed by atoms with Crippen LogP contribution in [0.5, 0.6) is 5.75 Å². The number of nitrogens with one attached hydrogen (secondary N) is 2. The summed E-state index contributed by atoms with van der Waals surface area (Å²) in [6.45, 7) is 5.07. The molecule has 0 aliphatic carbocycles. The highest BCUT2D eigenvalue weighted by molar-refractivity contribution is 5.79. The third-order valence-electron chi connectivity index (χ3n) is 8.56. The molecule has 2 amide bonds. The van der Waals surface area contributed by atoms with E-state index < -0.39 is 0 Å². The van der Waals surface area contributed by atoms with Crippen molar-refractivity contribution in [3.05, 3.63) is 53.9 Å². The molecule has 1 aromatic carbocycles. The largest absolute Gasteiger partial charge is 0.493 e. The Morgan fingerprint density at radius 1 is 1.15 bits per heavy atom. The lowest BCUT2D eigenvalue weighted by Gasteiger charge is -2.38. The summed E-state index contributed by atoms with van der Waals surface area (Å²) in [6.07, 6.45) is 7.17. The highest BCUT2D eigenvalue weighted by Crippen LogP contribution is 2.33. The summed E-state index contributed by atoms with van der Waals surface area (Å²) in [4.78, 5) is 34.6. The minimum Gasteiger partial charge on any atom is -0.493 e. The number of benzene rings is 1. The Morgan fingerprint density at radius 3 is 2.92 bits per heavy atom. The van der Waals surface area contributed by atoms with E-state index in [2.05, 4.69) is 38.7 Å². The molecule has 2 fully saturated rings. The lowest BCUT2D eigenvalue weighted by atomic mass is 9.80. The minimum atomic E-state index is 0.0479. The van der Waals surface area contributed by atoms with Gasteiger partial charge in [-0.15, -0.1) is 0 Å². The first-order valence-electron chi connectivity index (χ1n) is 14.8. The fraction of sp³-hybridized carbons (Fsp3) is 0.581. The zero-order chi connectivity index (χ0) is 27.7. The molecule has 0 spiro atoms. The van der Waals surface area contributed by atoms with Crippen molar-refractivity contribution in [1.82, 2.24) is 20.5 Å². The van der Waals surface area contributed by atoms with Gasteiger partial charge >= 0.3 is 0 Å². The second-order valence-electron chi connectivity index (χ2n) is 11.3. The molecule has 216 valence electrons. The standard InChI is InChI=1S/C31H43N5O4/c1-39-22-28-8-4-13-36(28)27-9-10-29-25(16-27)18-32-20-31(38)35-14-11-23(24(21-35)6-5-15-40-29)17-30(37)34-19-26-7-2-3-12-33-26/h2-3,7,9-10,12,16,23-24,28,32H,4-6,8,11,13-15,17-22H2,1H3,(H,34,37)/t23-,24-,28-/m0/s1. The van der Waals surface area contributed by atoms with Crippen LogP contribution in [0.2, 0.25) is 0 Å². The normalized spacial score (nSPS) is 23.8. The first-order chi connectivity index (χ1) is 19.6. The van der Waals surface area contributed by atoms with Gasteiger partial charge in [-0.05, 0) is 74.3 Å². The number of anilines is 1. The van der Waals surface area contributed by atoms with E-state index in [0.717, 1.165) is 62.3 Å². The summed E-state index contributed by atoms with van der Waals surface area (Å²) in [6, 6.07) is 12.5. The lowest BCUT2D eigenvalue weighted by Crippen LogP contribution is -2.47. The molecule has 1 aromatic heterocycles. The Kier molecular flexibility index (Phi) is 9.89. The maximum absolute atomic E-state index is 13.1. The fourth-order valence-corrected chi connectivity index (χ4v) is 6.41. The van der Waals surface area contributed by atoms with Gasteiger partial charge in [0.25, 0.3) is 0 Å². The van der Waals surface area contributed by atoms with E-state index in [1.165, 1.54) is 5.69 Å². The zero-order valence-electron chi connectivity index (χ0n) is 23.6. The van der Waals surface area contributed by atoms with Crippen molar-refractivity contribution in [3.63, 3.8) is 0 Å². The van der Waals surface area contributed by atoms with Crippen LogP contribution in [0.3, 0.4) is 0 Å². The van der Waals surface area contributed by atoms with Crippen LogP contribution in [-0.4, -0.2) is 74.2 Å². The predicted octanol–water partition coefficient (Wildman–Crippen LogP) is 3.13. The number of hydrogen-bond donors (Lipinski definition) is 2. The zero-order valence-corrected chi connectivity index (χ0v) is 23.6. The Morgan fingerprint density at radius 2 is 2.08 bits per heavy atom. The average Bonchev–Trinajstić information content (AvgIpc) is 3.44. The molecule has 2 bridgehead atoms. The molecule has 3 aliphatic rings. The van der Waals surface area contributed by atoms with Crippen molar-refractivity contribution < 1.29 is 19.1 Å². The maximum atomic E-state index is 13.1. The number of aromatic nitrogens is 1. The van der Waals surface area contributed by atoms with Gasteiger partial charge in [0.15, 0.2) is 0 Å². The SMILES string of the molecule is COC[C@@H]1CCCN1c1ccc2c(c1)CNCC(=O)N1CC[C@@H](CC(=O)NCc3ccccn3)[C@@H](CCCO2)C1. The third kappa shape index (κ3) is 7.31. The number of ether oxygens (including phenoxy) is 2. The Balaban J connectivity index is 1.22. The molecular weight excluding hydrogens is 506 g/mol. The van der Waals surface area contributed by atoms with Crippen molar-refractivity contribution in [2.75, 3.05) is 51.4 Å². The number of carbonyl (C=O) groups is 2. The van der Waals surface area contributed by atoms with Crippen LogP contribution in [0.15, 0.2) is 42.6 Å². The highest BCUT2D eigenvalue weighted by Gasteiger charge is 2.32. The maximum Gasteiger partial charge on any atom is 0.236 e. The Hall–Kier alpha value is -3.17. The van der Waals surface area contributed by atoms with Gasteiger partial charge in [-0.25, -0.2) is 0 Å². The van der Waals surface area contributed by atoms with E-state index >= 15 is 0 Å². The van der Waals surface area contributed by atoms with Crippen LogP contribution in [0.1, 0.15) is 49.8 Å². The van der Waals surface area contributed by atoms with E-state index in [9.17, 15) is 9.59 Å². The molecule has 2 aromatic rings. The predicted molar refractivity (Wildman–Crippen MR) is 154 cm³/mol. The fourth-order valence-electron chi connectivity index (χ4n) is 6.41. The lowest BCUT2D eigenvalue weighted by molar-refractivity contribution is -0.133. The van der Waals surface area contributed by atoms with Crippen LogP contribution in [-0.2, 0) is 27.4 Å². The average molecular weight is 550 g/mol. The molecule has 3 atom stereocenters. The number of nitrogens with zero attached hydrogens (tertiary/aromatic N) is 3. The summed E-state index contributed by atoms with van der Waals surface area (Å²) in [5.41, 5.74) is 3.11. The molecule has 3 aliphatic heterocycles. The summed E-state index contributed by atoms with van der Waals surface area (Å²) >= 11 is 0. The van der Waals surface area contributed by atoms with Gasteiger partial charge in [-0.2, -0.15) is 0 Å². The Labute approximate surface area is 237 Å². The number of carbonyl (C=O) groups excluding carboxylic acids is 2. The topological polar surface area (TPSA) is 96.0 Å². The number of methoxy groups -OCH3 is 1. The number of piperidine rings is 1. The Bertz CT molecular complexity index is 1130. The van der Waals surface area contributed by atoms with Gasteiger partial charge in [0.2, 0.25) is 11.8 Å². The van der Waals surface area contributed by atoms with Gasteiger partial charge in [-0.3, -0.25) is 14.6 Å². The summed E-state index contributed by atoms with van der Waals surface area (Å²) in [5.74, 6) is 1.57. The van der Waals surface area contributed by atoms with Crippen molar-refractivity contribution in [2.45, 2.75) is 57.7 Å².